The van der Waals surface area contributed by atoms with Crippen LogP contribution >= 0.6 is 0 Å². The highest BCUT2D eigenvalue weighted by Gasteiger charge is 2.22. The lowest BCUT2D eigenvalue weighted by Crippen LogP contribution is -2.26. The zero-order valence-corrected chi connectivity index (χ0v) is 23.1. The summed E-state index contributed by atoms with van der Waals surface area (Å²) < 4.78 is 6.90. The molecule has 41 heavy (non-hydrogen) atoms. The topological polar surface area (TPSA) is 111 Å². The molecule has 0 saturated carbocycles. The van der Waals surface area contributed by atoms with Crippen molar-refractivity contribution in [1.29, 1.82) is 0 Å². The van der Waals surface area contributed by atoms with Crippen molar-refractivity contribution in [2.24, 2.45) is 0 Å². The number of nitrogens with one attached hydrogen (secondary N) is 2. The number of allylic oxidation sites excluding steroid dienone is 2. The Labute approximate surface area is 237 Å². The van der Waals surface area contributed by atoms with Gasteiger partial charge in [-0.3, -0.25) is 9.36 Å². The van der Waals surface area contributed by atoms with Crippen LogP contribution in [0.15, 0.2) is 70.1 Å². The molecule has 1 saturated heterocycles. The van der Waals surface area contributed by atoms with Gasteiger partial charge >= 0.3 is 0 Å². The zero-order valence-electron chi connectivity index (χ0n) is 23.1. The molecular weight excluding hydrogens is 514 g/mol. The fourth-order valence-electron chi connectivity index (χ4n) is 5.70. The SMILES string of the molecule is CCn1c(=O)c(-c2ccc(-c3noc(C)n3)cc2C2=CC2)cc2cnc(Nc3ccc(C4CCNCC4)cc3)nc21. The highest BCUT2D eigenvalue weighted by Crippen LogP contribution is 2.39. The number of rotatable bonds is 7. The van der Waals surface area contributed by atoms with E-state index in [0.717, 1.165) is 47.3 Å². The van der Waals surface area contributed by atoms with Crippen LogP contribution in [0.2, 0.25) is 0 Å². The number of aromatic nitrogens is 5. The first kappa shape index (κ1) is 25.3. The molecule has 7 rings (SSSR count). The first-order chi connectivity index (χ1) is 20.1. The summed E-state index contributed by atoms with van der Waals surface area (Å²) in [6.45, 7) is 6.36. The Morgan fingerprint density at radius 1 is 1.02 bits per heavy atom. The Morgan fingerprint density at radius 2 is 1.83 bits per heavy atom. The maximum atomic E-state index is 13.8. The van der Waals surface area contributed by atoms with Crippen molar-refractivity contribution in [1.82, 2.24) is 30.0 Å². The number of piperidine rings is 1. The van der Waals surface area contributed by atoms with Gasteiger partial charge in [0.25, 0.3) is 5.56 Å². The number of fused-ring (bicyclic) bond motifs is 1. The van der Waals surface area contributed by atoms with E-state index in [9.17, 15) is 4.79 Å². The van der Waals surface area contributed by atoms with Crippen molar-refractivity contribution >= 4 is 28.2 Å². The third-order valence-electron chi connectivity index (χ3n) is 7.97. The summed E-state index contributed by atoms with van der Waals surface area (Å²) in [6, 6.07) is 16.4. The zero-order chi connectivity index (χ0) is 27.9. The van der Waals surface area contributed by atoms with E-state index >= 15 is 0 Å². The summed E-state index contributed by atoms with van der Waals surface area (Å²) in [5, 5.41) is 11.6. The summed E-state index contributed by atoms with van der Waals surface area (Å²) in [6.07, 6.45) is 7.17. The molecule has 206 valence electrons. The second-order valence-corrected chi connectivity index (χ2v) is 10.7. The van der Waals surface area contributed by atoms with Crippen molar-refractivity contribution in [2.75, 3.05) is 18.4 Å². The van der Waals surface area contributed by atoms with E-state index < -0.39 is 0 Å². The summed E-state index contributed by atoms with van der Waals surface area (Å²) in [7, 11) is 0. The van der Waals surface area contributed by atoms with Gasteiger partial charge in [0, 0.05) is 41.9 Å². The van der Waals surface area contributed by atoms with Crippen LogP contribution in [0.25, 0.3) is 39.1 Å². The molecule has 0 bridgehead atoms. The van der Waals surface area contributed by atoms with Crippen LogP contribution < -0.4 is 16.2 Å². The highest BCUT2D eigenvalue weighted by molar-refractivity contribution is 5.91. The highest BCUT2D eigenvalue weighted by atomic mass is 16.5. The Kier molecular flexibility index (Phi) is 6.43. The summed E-state index contributed by atoms with van der Waals surface area (Å²) >= 11 is 0. The van der Waals surface area contributed by atoms with Crippen molar-refractivity contribution in [2.45, 2.75) is 45.6 Å². The van der Waals surface area contributed by atoms with Gasteiger partial charge < -0.3 is 15.2 Å². The number of aryl methyl sites for hydroxylation is 2. The Morgan fingerprint density at radius 3 is 2.54 bits per heavy atom. The Bertz CT molecular complexity index is 1850. The third-order valence-corrected chi connectivity index (χ3v) is 7.97. The lowest BCUT2D eigenvalue weighted by atomic mass is 9.90. The minimum atomic E-state index is -0.0818. The molecule has 1 fully saturated rings. The van der Waals surface area contributed by atoms with Crippen molar-refractivity contribution in [3.05, 3.63) is 88.2 Å². The van der Waals surface area contributed by atoms with Gasteiger partial charge in [-0.15, -0.1) is 0 Å². The van der Waals surface area contributed by atoms with Gasteiger partial charge in [-0.05, 0) is 91.7 Å². The standard InChI is InChI=1S/C32H31N7O2/c1-3-39-30-24(18-34-32(37-30)36-25-9-6-20(7-10-25)21-12-14-33-15-13-21)17-28(31(39)40)26-11-8-23(16-27(26)22-4-5-22)29-35-19(2)41-38-29/h4,6-11,16-18,21,33H,3,5,12-15H2,1-2H3,(H,34,36,37). The fraction of sp³-hybridized carbons (Fsp3) is 0.281. The first-order valence-corrected chi connectivity index (χ1v) is 14.2. The lowest BCUT2D eigenvalue weighted by molar-refractivity contribution is 0.394. The molecule has 1 aliphatic carbocycles. The van der Waals surface area contributed by atoms with E-state index in [0.29, 0.717) is 41.3 Å². The minimum Gasteiger partial charge on any atom is -0.339 e. The van der Waals surface area contributed by atoms with Gasteiger partial charge in [0.2, 0.25) is 17.7 Å². The molecule has 1 aliphatic heterocycles. The summed E-state index contributed by atoms with van der Waals surface area (Å²) in [5.74, 6) is 2.12. The van der Waals surface area contributed by atoms with Crippen LogP contribution in [0.3, 0.4) is 0 Å². The molecule has 2 aliphatic rings. The molecule has 2 N–H and O–H groups in total. The molecule has 0 amide bonds. The van der Waals surface area contributed by atoms with Crippen molar-refractivity contribution in [3.63, 3.8) is 0 Å². The average Bonchev–Trinajstić information content (AvgIpc) is 3.77. The predicted molar refractivity (Wildman–Crippen MR) is 160 cm³/mol. The third kappa shape index (κ3) is 4.93. The van der Waals surface area contributed by atoms with Crippen LogP contribution in [0.5, 0.6) is 0 Å². The lowest BCUT2D eigenvalue weighted by Gasteiger charge is -2.23. The molecule has 0 unspecified atom stereocenters. The van der Waals surface area contributed by atoms with Crippen LogP contribution in [0, 0.1) is 6.92 Å². The monoisotopic (exact) mass is 545 g/mol. The molecule has 5 aromatic rings. The molecule has 0 atom stereocenters. The molecule has 3 aromatic heterocycles. The second kappa shape index (κ2) is 10.4. The van der Waals surface area contributed by atoms with Crippen LogP contribution in [0.1, 0.15) is 49.1 Å². The molecule has 4 heterocycles. The Balaban J connectivity index is 1.22. The number of benzene rings is 2. The molecule has 0 spiro atoms. The number of nitrogens with zero attached hydrogens (tertiary/aromatic N) is 5. The van der Waals surface area contributed by atoms with Gasteiger partial charge in [-0.25, -0.2) is 4.98 Å². The quantitative estimate of drug-likeness (QED) is 0.263. The van der Waals surface area contributed by atoms with Crippen molar-refractivity contribution in [3.8, 4) is 22.5 Å². The van der Waals surface area contributed by atoms with Crippen LogP contribution in [-0.2, 0) is 6.54 Å². The smallest absolute Gasteiger partial charge is 0.260 e. The number of pyridine rings is 1. The maximum Gasteiger partial charge on any atom is 0.260 e. The van der Waals surface area contributed by atoms with E-state index in [1.807, 2.05) is 31.2 Å². The number of anilines is 2. The van der Waals surface area contributed by atoms with E-state index in [2.05, 4.69) is 56.1 Å². The van der Waals surface area contributed by atoms with E-state index in [1.165, 1.54) is 24.0 Å². The normalized spacial score (nSPS) is 15.2. The summed E-state index contributed by atoms with van der Waals surface area (Å²) in [4.78, 5) is 27.6. The minimum absolute atomic E-state index is 0.0818. The van der Waals surface area contributed by atoms with E-state index in [4.69, 9.17) is 9.51 Å². The Hall–Kier alpha value is -4.63. The molecule has 0 radical (unpaired) electrons. The number of hydrogen-bond donors (Lipinski definition) is 2. The average molecular weight is 546 g/mol. The van der Waals surface area contributed by atoms with E-state index in [1.54, 1.807) is 17.7 Å². The molecule has 9 nitrogen and oxygen atoms in total. The van der Waals surface area contributed by atoms with Crippen LogP contribution in [-0.4, -0.2) is 37.8 Å². The molecule has 9 heteroatoms. The second-order valence-electron chi connectivity index (χ2n) is 10.7. The first-order valence-electron chi connectivity index (χ1n) is 14.2. The van der Waals surface area contributed by atoms with Crippen LogP contribution in [0.4, 0.5) is 11.6 Å². The summed E-state index contributed by atoms with van der Waals surface area (Å²) in [5.41, 5.74) is 7.38. The van der Waals surface area contributed by atoms with E-state index in [-0.39, 0.29) is 5.56 Å². The van der Waals surface area contributed by atoms with Gasteiger partial charge in [-0.2, -0.15) is 9.97 Å². The molecular formula is C32H31N7O2. The van der Waals surface area contributed by atoms with Crippen molar-refractivity contribution < 1.29 is 4.52 Å². The molecule has 2 aromatic carbocycles. The maximum absolute atomic E-state index is 13.8. The largest absolute Gasteiger partial charge is 0.339 e. The van der Waals surface area contributed by atoms with Gasteiger partial charge in [0.1, 0.15) is 5.65 Å². The predicted octanol–water partition coefficient (Wildman–Crippen LogP) is 5.83. The van der Waals surface area contributed by atoms with Gasteiger partial charge in [0.05, 0.1) is 0 Å². The van der Waals surface area contributed by atoms with Gasteiger partial charge in [0.15, 0.2) is 0 Å². The van der Waals surface area contributed by atoms with Gasteiger partial charge in [-0.1, -0.05) is 35.5 Å². The fourth-order valence-corrected chi connectivity index (χ4v) is 5.70. The number of hydrogen-bond acceptors (Lipinski definition) is 8.